The molecule has 9 heteroatoms. The molecule has 0 saturated carbocycles. The highest BCUT2D eigenvalue weighted by Gasteiger charge is 2.36. The first kappa shape index (κ1) is 19.8. The molecule has 1 fully saturated rings. The molecule has 1 saturated heterocycles. The first-order chi connectivity index (χ1) is 15.2. The predicted molar refractivity (Wildman–Crippen MR) is 115 cm³/mol. The molecular formula is C22H22N4O4S. The largest absolute Gasteiger partial charge is 0.467 e. The van der Waals surface area contributed by atoms with Crippen LogP contribution in [0.3, 0.4) is 0 Å². The van der Waals surface area contributed by atoms with Crippen molar-refractivity contribution in [2.75, 3.05) is 32.7 Å². The number of nitrogens with zero attached hydrogens (tertiary/aromatic N) is 4. The highest BCUT2D eigenvalue weighted by molar-refractivity contribution is 7.12. The lowest BCUT2D eigenvalue weighted by molar-refractivity contribution is -0.134. The number of hydrazone groups is 1. The van der Waals surface area contributed by atoms with E-state index in [4.69, 9.17) is 8.83 Å². The van der Waals surface area contributed by atoms with E-state index in [9.17, 15) is 9.59 Å². The van der Waals surface area contributed by atoms with Crippen molar-refractivity contribution in [1.82, 2.24) is 14.8 Å². The van der Waals surface area contributed by atoms with Crippen LogP contribution in [0.25, 0.3) is 0 Å². The summed E-state index contributed by atoms with van der Waals surface area (Å²) in [7, 11) is 0. The Labute approximate surface area is 183 Å². The summed E-state index contributed by atoms with van der Waals surface area (Å²) < 4.78 is 11.1. The Bertz CT molecular complexity index is 1050. The second kappa shape index (κ2) is 8.52. The van der Waals surface area contributed by atoms with Gasteiger partial charge in [-0.3, -0.25) is 14.5 Å². The molecule has 3 aromatic rings. The van der Waals surface area contributed by atoms with Crippen molar-refractivity contribution in [3.63, 3.8) is 0 Å². The van der Waals surface area contributed by atoms with Crippen molar-refractivity contribution < 1.29 is 18.4 Å². The molecule has 0 aliphatic carbocycles. The monoisotopic (exact) mass is 438 g/mol. The van der Waals surface area contributed by atoms with Crippen LogP contribution in [0, 0.1) is 0 Å². The molecule has 1 unspecified atom stereocenters. The highest BCUT2D eigenvalue weighted by atomic mass is 32.1. The summed E-state index contributed by atoms with van der Waals surface area (Å²) in [6.07, 6.45) is 3.74. The van der Waals surface area contributed by atoms with Crippen LogP contribution in [0.4, 0.5) is 0 Å². The average molecular weight is 439 g/mol. The lowest BCUT2D eigenvalue weighted by Crippen LogP contribution is -2.51. The minimum absolute atomic E-state index is 0.0612. The van der Waals surface area contributed by atoms with Crippen LogP contribution in [-0.4, -0.2) is 65.1 Å². The van der Waals surface area contributed by atoms with Crippen molar-refractivity contribution in [2.24, 2.45) is 5.10 Å². The van der Waals surface area contributed by atoms with Gasteiger partial charge in [0.25, 0.3) is 11.8 Å². The second-order valence-electron chi connectivity index (χ2n) is 7.54. The molecule has 0 bridgehead atoms. The minimum Gasteiger partial charge on any atom is -0.467 e. The average Bonchev–Trinajstić information content (AvgIpc) is 3.58. The SMILES string of the molecule is O=C(c1cccs1)N1CCN(CC(=O)N2N=C(c3ccco3)CC2c2ccco2)CC1. The fourth-order valence-corrected chi connectivity index (χ4v) is 4.65. The van der Waals surface area contributed by atoms with Gasteiger partial charge in [-0.05, 0) is 35.7 Å². The third-order valence-corrected chi connectivity index (χ3v) is 6.45. The van der Waals surface area contributed by atoms with Crippen molar-refractivity contribution in [3.8, 4) is 0 Å². The van der Waals surface area contributed by atoms with E-state index in [-0.39, 0.29) is 24.4 Å². The van der Waals surface area contributed by atoms with Gasteiger partial charge in [0.1, 0.15) is 23.3 Å². The molecule has 2 amide bonds. The first-order valence-electron chi connectivity index (χ1n) is 10.2. The molecule has 2 aliphatic heterocycles. The van der Waals surface area contributed by atoms with E-state index in [1.807, 2.05) is 40.6 Å². The van der Waals surface area contributed by atoms with Crippen LogP contribution in [-0.2, 0) is 4.79 Å². The van der Waals surface area contributed by atoms with Gasteiger partial charge in [-0.25, -0.2) is 5.01 Å². The van der Waals surface area contributed by atoms with E-state index in [2.05, 4.69) is 10.0 Å². The van der Waals surface area contributed by atoms with Crippen LogP contribution < -0.4 is 0 Å². The maximum Gasteiger partial charge on any atom is 0.264 e. The molecule has 5 heterocycles. The fraction of sp³-hybridized carbons (Fsp3) is 0.318. The zero-order valence-corrected chi connectivity index (χ0v) is 17.7. The Morgan fingerprint density at radius 1 is 1.03 bits per heavy atom. The Morgan fingerprint density at radius 3 is 2.52 bits per heavy atom. The van der Waals surface area contributed by atoms with Crippen LogP contribution in [0.5, 0.6) is 0 Å². The molecule has 0 N–H and O–H groups in total. The third-order valence-electron chi connectivity index (χ3n) is 5.59. The van der Waals surface area contributed by atoms with E-state index in [0.717, 1.165) is 10.6 Å². The van der Waals surface area contributed by atoms with E-state index >= 15 is 0 Å². The van der Waals surface area contributed by atoms with Gasteiger partial charge in [0.15, 0.2) is 0 Å². The molecule has 31 heavy (non-hydrogen) atoms. The Hall–Kier alpha value is -3.17. The Balaban J connectivity index is 1.24. The van der Waals surface area contributed by atoms with E-state index in [1.54, 1.807) is 18.6 Å². The molecule has 5 rings (SSSR count). The lowest BCUT2D eigenvalue weighted by Gasteiger charge is -2.34. The van der Waals surface area contributed by atoms with Gasteiger partial charge in [-0.1, -0.05) is 6.07 Å². The highest BCUT2D eigenvalue weighted by Crippen LogP contribution is 2.33. The number of amides is 2. The number of carbonyl (C=O) groups is 2. The Morgan fingerprint density at radius 2 is 1.84 bits per heavy atom. The molecule has 3 aromatic heterocycles. The Kier molecular flexibility index (Phi) is 5.44. The molecule has 0 spiro atoms. The third kappa shape index (κ3) is 4.06. The second-order valence-corrected chi connectivity index (χ2v) is 8.49. The van der Waals surface area contributed by atoms with Gasteiger partial charge in [0.05, 0.1) is 23.9 Å². The molecular weight excluding hydrogens is 416 g/mol. The smallest absolute Gasteiger partial charge is 0.264 e. The molecule has 1 atom stereocenters. The van der Waals surface area contributed by atoms with Crippen LogP contribution in [0.15, 0.2) is 68.2 Å². The summed E-state index contributed by atoms with van der Waals surface area (Å²) in [6, 6.07) is 10.8. The maximum absolute atomic E-state index is 13.2. The van der Waals surface area contributed by atoms with E-state index < -0.39 is 0 Å². The summed E-state index contributed by atoms with van der Waals surface area (Å²) in [6.45, 7) is 2.75. The van der Waals surface area contributed by atoms with Crippen LogP contribution in [0.1, 0.15) is 33.7 Å². The molecule has 2 aliphatic rings. The number of thiophene rings is 1. The van der Waals surface area contributed by atoms with E-state index in [0.29, 0.717) is 44.1 Å². The van der Waals surface area contributed by atoms with Crippen molar-refractivity contribution in [1.29, 1.82) is 0 Å². The number of carbonyl (C=O) groups excluding carboxylic acids is 2. The summed E-state index contributed by atoms with van der Waals surface area (Å²) in [5.41, 5.74) is 0.728. The molecule has 8 nitrogen and oxygen atoms in total. The molecule has 160 valence electrons. The van der Waals surface area contributed by atoms with Gasteiger partial charge in [-0.15, -0.1) is 11.3 Å². The summed E-state index contributed by atoms with van der Waals surface area (Å²) >= 11 is 1.45. The number of hydrogen-bond donors (Lipinski definition) is 0. The van der Waals surface area contributed by atoms with Crippen LogP contribution >= 0.6 is 11.3 Å². The minimum atomic E-state index is -0.288. The topological polar surface area (TPSA) is 82.5 Å². The van der Waals surface area contributed by atoms with E-state index in [1.165, 1.54) is 16.3 Å². The fourth-order valence-electron chi connectivity index (χ4n) is 3.96. The summed E-state index contributed by atoms with van der Waals surface area (Å²) in [5, 5.41) is 7.99. The van der Waals surface area contributed by atoms with Gasteiger partial charge in [-0.2, -0.15) is 5.10 Å². The van der Waals surface area contributed by atoms with Gasteiger partial charge in [0, 0.05) is 32.6 Å². The predicted octanol–water partition coefficient (Wildman–Crippen LogP) is 3.07. The number of piperazine rings is 1. The number of hydrogen-bond acceptors (Lipinski definition) is 7. The first-order valence-corrected chi connectivity index (χ1v) is 11.1. The molecule has 0 radical (unpaired) electrons. The zero-order chi connectivity index (χ0) is 21.2. The van der Waals surface area contributed by atoms with Gasteiger partial charge >= 0.3 is 0 Å². The van der Waals surface area contributed by atoms with Gasteiger partial charge in [0.2, 0.25) is 0 Å². The quantitative estimate of drug-likeness (QED) is 0.611. The summed E-state index contributed by atoms with van der Waals surface area (Å²) in [4.78, 5) is 30.4. The zero-order valence-electron chi connectivity index (χ0n) is 16.8. The normalized spacial score (nSPS) is 19.6. The van der Waals surface area contributed by atoms with Crippen molar-refractivity contribution in [2.45, 2.75) is 12.5 Å². The van der Waals surface area contributed by atoms with Crippen LogP contribution in [0.2, 0.25) is 0 Å². The maximum atomic E-state index is 13.2. The lowest BCUT2D eigenvalue weighted by atomic mass is 10.1. The molecule has 0 aromatic carbocycles. The van der Waals surface area contributed by atoms with Gasteiger partial charge < -0.3 is 13.7 Å². The number of rotatable bonds is 5. The summed E-state index contributed by atoms with van der Waals surface area (Å²) in [5.74, 6) is 1.32. The number of furan rings is 2. The van der Waals surface area contributed by atoms with Crippen molar-refractivity contribution >= 4 is 28.9 Å². The van der Waals surface area contributed by atoms with Crippen molar-refractivity contribution in [3.05, 3.63) is 70.7 Å². The standard InChI is InChI=1S/C22H22N4O4S/c27-21(15-24-7-9-25(10-8-24)22(28)20-6-3-13-31-20)26-17(19-5-2-12-30-19)14-16(23-26)18-4-1-11-29-18/h1-6,11-13,17H,7-10,14-15H2.